The second-order valence-corrected chi connectivity index (χ2v) is 6.06. The largest absolute Gasteiger partial charge is 0.329 e. The van der Waals surface area contributed by atoms with Crippen molar-refractivity contribution >= 4 is 0 Å². The van der Waals surface area contributed by atoms with E-state index in [4.69, 9.17) is 5.73 Å². The van der Waals surface area contributed by atoms with Crippen LogP contribution in [0, 0.1) is 11.8 Å². The van der Waals surface area contributed by atoms with E-state index in [2.05, 4.69) is 10.2 Å². The molecule has 0 aromatic carbocycles. The van der Waals surface area contributed by atoms with Crippen molar-refractivity contribution in [2.75, 3.05) is 32.7 Å². The van der Waals surface area contributed by atoms with E-state index < -0.39 is 0 Å². The number of hydrogen-bond donors (Lipinski definition) is 2. The monoisotopic (exact) mass is 223 g/mol. The molecular weight excluding hydrogens is 198 g/mol. The zero-order valence-electron chi connectivity index (χ0n) is 10.3. The van der Waals surface area contributed by atoms with E-state index in [1.807, 2.05) is 0 Å². The molecule has 2 bridgehead atoms. The lowest BCUT2D eigenvalue weighted by molar-refractivity contribution is 0.136. The summed E-state index contributed by atoms with van der Waals surface area (Å²) >= 11 is 0. The highest BCUT2D eigenvalue weighted by Gasteiger charge is 2.44. The third-order valence-corrected chi connectivity index (χ3v) is 5.02. The van der Waals surface area contributed by atoms with Crippen molar-refractivity contribution in [1.29, 1.82) is 0 Å². The third kappa shape index (κ3) is 2.01. The first-order valence-electron chi connectivity index (χ1n) is 7.00. The van der Waals surface area contributed by atoms with Gasteiger partial charge in [0.05, 0.1) is 0 Å². The number of piperidine rings is 1. The van der Waals surface area contributed by atoms with E-state index in [0.29, 0.717) is 0 Å². The Labute approximate surface area is 98.8 Å². The van der Waals surface area contributed by atoms with Gasteiger partial charge in [-0.25, -0.2) is 0 Å². The van der Waals surface area contributed by atoms with Crippen LogP contribution in [-0.2, 0) is 0 Å². The standard InChI is InChI=1S/C13H25N3/c14-10-13(15-6-3-11-1-2-11)5-8-16-7-4-12(13)9-16/h11-12,15H,1-10,14H2. The number of rotatable bonds is 5. The van der Waals surface area contributed by atoms with Crippen LogP contribution < -0.4 is 11.1 Å². The van der Waals surface area contributed by atoms with Gasteiger partial charge in [-0.05, 0) is 50.7 Å². The molecule has 2 aliphatic heterocycles. The van der Waals surface area contributed by atoms with Gasteiger partial charge < -0.3 is 16.0 Å². The quantitative estimate of drug-likeness (QED) is 0.724. The van der Waals surface area contributed by atoms with Crippen molar-refractivity contribution in [1.82, 2.24) is 10.2 Å². The summed E-state index contributed by atoms with van der Waals surface area (Å²) in [6.07, 6.45) is 6.92. The Kier molecular flexibility index (Phi) is 2.94. The van der Waals surface area contributed by atoms with Crippen molar-refractivity contribution in [2.45, 2.75) is 37.6 Å². The van der Waals surface area contributed by atoms with Gasteiger partial charge in [0.25, 0.3) is 0 Å². The highest BCUT2D eigenvalue weighted by Crippen LogP contribution is 2.36. The second-order valence-electron chi connectivity index (χ2n) is 6.06. The molecule has 3 fully saturated rings. The second kappa shape index (κ2) is 4.28. The Morgan fingerprint density at radius 1 is 1.25 bits per heavy atom. The smallest absolute Gasteiger partial charge is 0.0357 e. The molecule has 0 amide bonds. The van der Waals surface area contributed by atoms with Gasteiger partial charge in [-0.3, -0.25) is 0 Å². The van der Waals surface area contributed by atoms with Gasteiger partial charge in [0.2, 0.25) is 0 Å². The lowest BCUT2D eigenvalue weighted by Crippen LogP contribution is -2.60. The predicted molar refractivity (Wildman–Crippen MR) is 66.3 cm³/mol. The highest BCUT2D eigenvalue weighted by atomic mass is 15.2. The Bertz CT molecular complexity index is 252. The van der Waals surface area contributed by atoms with Gasteiger partial charge in [0.15, 0.2) is 0 Å². The molecule has 1 saturated carbocycles. The number of nitrogens with two attached hydrogens (primary N) is 1. The summed E-state index contributed by atoms with van der Waals surface area (Å²) in [6.45, 7) is 5.86. The Balaban J connectivity index is 1.57. The SMILES string of the molecule is NCC1(NCCC2CC2)CCN2CCC1C2. The van der Waals surface area contributed by atoms with E-state index in [9.17, 15) is 0 Å². The van der Waals surface area contributed by atoms with Crippen molar-refractivity contribution in [2.24, 2.45) is 17.6 Å². The van der Waals surface area contributed by atoms with Gasteiger partial charge >= 0.3 is 0 Å². The van der Waals surface area contributed by atoms with Gasteiger partial charge in [-0.15, -0.1) is 0 Å². The third-order valence-electron chi connectivity index (χ3n) is 5.02. The van der Waals surface area contributed by atoms with Crippen LogP contribution >= 0.6 is 0 Å². The Hall–Kier alpha value is -0.120. The van der Waals surface area contributed by atoms with Crippen LogP contribution in [0.25, 0.3) is 0 Å². The molecule has 0 spiro atoms. The van der Waals surface area contributed by atoms with Gasteiger partial charge in [0, 0.05) is 18.6 Å². The summed E-state index contributed by atoms with van der Waals surface area (Å²) in [7, 11) is 0. The Morgan fingerprint density at radius 3 is 2.88 bits per heavy atom. The fourth-order valence-corrected chi connectivity index (χ4v) is 3.55. The van der Waals surface area contributed by atoms with E-state index in [0.717, 1.165) is 18.4 Å². The van der Waals surface area contributed by atoms with Crippen LogP contribution in [0.3, 0.4) is 0 Å². The van der Waals surface area contributed by atoms with E-state index >= 15 is 0 Å². The van der Waals surface area contributed by atoms with Crippen LogP contribution in [0.15, 0.2) is 0 Å². The molecule has 2 saturated heterocycles. The van der Waals surface area contributed by atoms with Crippen molar-refractivity contribution in [3.8, 4) is 0 Å². The minimum absolute atomic E-state index is 0.280. The molecule has 92 valence electrons. The molecule has 3 unspecified atom stereocenters. The first kappa shape index (κ1) is 11.0. The van der Waals surface area contributed by atoms with Crippen molar-refractivity contribution in [3.05, 3.63) is 0 Å². The van der Waals surface area contributed by atoms with Crippen LogP contribution in [0.5, 0.6) is 0 Å². The topological polar surface area (TPSA) is 41.3 Å². The zero-order chi connectivity index (χ0) is 11.0. The molecular formula is C13H25N3. The molecule has 1 aliphatic carbocycles. The molecule has 3 heteroatoms. The predicted octanol–water partition coefficient (Wildman–Crippen LogP) is 0.799. The maximum Gasteiger partial charge on any atom is 0.0357 e. The summed E-state index contributed by atoms with van der Waals surface area (Å²) < 4.78 is 0. The fraction of sp³-hybridized carbons (Fsp3) is 1.00. The average molecular weight is 223 g/mol. The number of hydrogen-bond acceptors (Lipinski definition) is 3. The van der Waals surface area contributed by atoms with Crippen LogP contribution in [0.1, 0.15) is 32.1 Å². The minimum Gasteiger partial charge on any atom is -0.329 e. The normalized spacial score (nSPS) is 42.6. The maximum atomic E-state index is 6.07. The minimum atomic E-state index is 0.280. The first-order valence-corrected chi connectivity index (χ1v) is 7.00. The molecule has 16 heavy (non-hydrogen) atoms. The Morgan fingerprint density at radius 2 is 2.12 bits per heavy atom. The van der Waals surface area contributed by atoms with Gasteiger partial charge in [-0.2, -0.15) is 0 Å². The van der Waals surface area contributed by atoms with Crippen LogP contribution in [0.4, 0.5) is 0 Å². The summed E-state index contributed by atoms with van der Waals surface area (Å²) in [4.78, 5) is 2.60. The number of nitrogens with zero attached hydrogens (tertiary/aromatic N) is 1. The van der Waals surface area contributed by atoms with Crippen molar-refractivity contribution < 1.29 is 0 Å². The summed E-state index contributed by atoms with van der Waals surface area (Å²) in [5.41, 5.74) is 6.35. The summed E-state index contributed by atoms with van der Waals surface area (Å²) in [5, 5.41) is 3.83. The fourth-order valence-electron chi connectivity index (χ4n) is 3.55. The number of fused-ring (bicyclic) bond motifs is 2. The molecule has 3 atom stereocenters. The molecule has 3 rings (SSSR count). The number of nitrogens with one attached hydrogen (secondary N) is 1. The molecule has 3 nitrogen and oxygen atoms in total. The van der Waals surface area contributed by atoms with Gasteiger partial charge in [0.1, 0.15) is 0 Å². The summed E-state index contributed by atoms with van der Waals surface area (Å²) in [6, 6.07) is 0. The average Bonchev–Trinajstić information content (AvgIpc) is 3.04. The molecule has 2 heterocycles. The molecule has 3 N–H and O–H groups in total. The molecule has 3 aliphatic rings. The zero-order valence-corrected chi connectivity index (χ0v) is 10.3. The van der Waals surface area contributed by atoms with E-state index in [1.54, 1.807) is 0 Å². The summed E-state index contributed by atoms with van der Waals surface area (Å²) in [5.74, 6) is 1.84. The van der Waals surface area contributed by atoms with Crippen LogP contribution in [0.2, 0.25) is 0 Å². The highest BCUT2D eigenvalue weighted by molar-refractivity contribution is 5.03. The van der Waals surface area contributed by atoms with Crippen LogP contribution in [-0.4, -0.2) is 43.2 Å². The first-order chi connectivity index (χ1) is 7.82. The van der Waals surface area contributed by atoms with Crippen molar-refractivity contribution in [3.63, 3.8) is 0 Å². The molecule has 0 aromatic heterocycles. The molecule has 0 aromatic rings. The van der Waals surface area contributed by atoms with E-state index in [-0.39, 0.29) is 5.54 Å². The lowest BCUT2D eigenvalue weighted by atomic mass is 9.78. The van der Waals surface area contributed by atoms with Gasteiger partial charge in [-0.1, -0.05) is 12.8 Å². The maximum absolute atomic E-state index is 6.07. The van der Waals surface area contributed by atoms with E-state index in [1.165, 1.54) is 58.3 Å². The lowest BCUT2D eigenvalue weighted by Gasteiger charge is -2.43. The molecule has 0 radical (unpaired) electrons.